The number of aliphatic hydroxyl groups is 1. The molecule has 0 aliphatic rings. The Kier molecular flexibility index (Phi) is 4.62. The van der Waals surface area contributed by atoms with Crippen molar-refractivity contribution in [3.8, 4) is 0 Å². The monoisotopic (exact) mass is 251 g/mol. The highest BCUT2D eigenvalue weighted by molar-refractivity contribution is 5.92. The zero-order chi connectivity index (χ0) is 13.8. The van der Waals surface area contributed by atoms with Crippen LogP contribution < -0.4 is 5.32 Å². The highest BCUT2D eigenvalue weighted by Gasteiger charge is 2.24. The van der Waals surface area contributed by atoms with E-state index in [2.05, 4.69) is 5.32 Å². The van der Waals surface area contributed by atoms with Crippen LogP contribution in [0.1, 0.15) is 26.3 Å². The van der Waals surface area contributed by atoms with Crippen molar-refractivity contribution in [1.29, 1.82) is 0 Å². The predicted octanol–water partition coefficient (Wildman–Crippen LogP) is 2.11. The molecule has 0 saturated heterocycles. The highest BCUT2D eigenvalue weighted by atomic mass is 19.1. The maximum atomic E-state index is 12.7. The summed E-state index contributed by atoms with van der Waals surface area (Å²) in [6, 6.07) is 5.83. The molecule has 1 amide bonds. The van der Waals surface area contributed by atoms with Crippen molar-refractivity contribution in [3.05, 3.63) is 41.7 Å². The molecule has 0 aliphatic carbocycles. The minimum atomic E-state index is -0.690. The number of aliphatic hydroxyl groups excluding tert-OH is 1. The van der Waals surface area contributed by atoms with Gasteiger partial charge in [-0.05, 0) is 44.5 Å². The van der Waals surface area contributed by atoms with Crippen LogP contribution >= 0.6 is 0 Å². The number of halogens is 1. The van der Waals surface area contributed by atoms with Crippen LogP contribution in [0.2, 0.25) is 0 Å². The van der Waals surface area contributed by atoms with Crippen LogP contribution in [0.15, 0.2) is 30.3 Å². The molecule has 1 aromatic rings. The van der Waals surface area contributed by atoms with Crippen LogP contribution in [0, 0.1) is 5.82 Å². The molecule has 98 valence electrons. The summed E-state index contributed by atoms with van der Waals surface area (Å²) in [5, 5.41) is 12.2. The fourth-order valence-corrected chi connectivity index (χ4v) is 1.21. The number of nitrogens with one attached hydrogen (secondary N) is 1. The second-order valence-electron chi connectivity index (χ2n) is 4.77. The van der Waals surface area contributed by atoms with E-state index in [1.807, 2.05) is 0 Å². The van der Waals surface area contributed by atoms with Crippen LogP contribution in [0.25, 0.3) is 6.08 Å². The first-order chi connectivity index (χ1) is 8.31. The van der Waals surface area contributed by atoms with Gasteiger partial charge in [0.05, 0.1) is 11.6 Å². The Morgan fingerprint density at radius 2 is 1.94 bits per heavy atom. The second-order valence-corrected chi connectivity index (χ2v) is 4.77. The van der Waals surface area contributed by atoms with Gasteiger partial charge in [0.1, 0.15) is 5.82 Å². The molecule has 0 radical (unpaired) electrons. The van der Waals surface area contributed by atoms with Gasteiger partial charge < -0.3 is 10.4 Å². The Labute approximate surface area is 106 Å². The summed E-state index contributed by atoms with van der Waals surface area (Å²) < 4.78 is 12.7. The molecule has 3 nitrogen and oxygen atoms in total. The Bertz CT molecular complexity index is 436. The number of carbonyl (C=O) groups excluding carboxylic acids is 1. The first-order valence-electron chi connectivity index (χ1n) is 5.75. The van der Waals surface area contributed by atoms with E-state index < -0.39 is 11.6 Å². The molecular formula is C14H18FNO2. The predicted molar refractivity (Wildman–Crippen MR) is 69.3 cm³/mol. The number of hydrogen-bond donors (Lipinski definition) is 2. The Morgan fingerprint density at radius 3 is 2.44 bits per heavy atom. The third-order valence-corrected chi connectivity index (χ3v) is 2.79. The van der Waals surface area contributed by atoms with Crippen molar-refractivity contribution in [2.75, 3.05) is 0 Å². The van der Waals surface area contributed by atoms with Gasteiger partial charge in [0.15, 0.2) is 0 Å². The number of hydrogen-bond acceptors (Lipinski definition) is 2. The Morgan fingerprint density at radius 1 is 1.39 bits per heavy atom. The summed E-state index contributed by atoms with van der Waals surface area (Å²) in [4.78, 5) is 11.6. The van der Waals surface area contributed by atoms with Crippen LogP contribution in [-0.2, 0) is 4.79 Å². The van der Waals surface area contributed by atoms with E-state index in [0.29, 0.717) is 0 Å². The van der Waals surface area contributed by atoms with E-state index in [1.54, 1.807) is 39.0 Å². The van der Waals surface area contributed by atoms with E-state index in [9.17, 15) is 14.3 Å². The smallest absolute Gasteiger partial charge is 0.244 e. The second kappa shape index (κ2) is 5.78. The lowest BCUT2D eigenvalue weighted by molar-refractivity contribution is -0.119. The van der Waals surface area contributed by atoms with Crippen molar-refractivity contribution in [2.24, 2.45) is 0 Å². The maximum absolute atomic E-state index is 12.7. The SMILES string of the molecule is CC(O)C(C)(C)NC(=O)/C=C/c1ccc(F)cc1. The lowest BCUT2D eigenvalue weighted by Gasteiger charge is -2.28. The van der Waals surface area contributed by atoms with Crippen LogP contribution in [-0.4, -0.2) is 22.7 Å². The van der Waals surface area contributed by atoms with Gasteiger partial charge in [-0.3, -0.25) is 4.79 Å². The van der Waals surface area contributed by atoms with Crippen LogP contribution in [0.3, 0.4) is 0 Å². The Hall–Kier alpha value is -1.68. The van der Waals surface area contributed by atoms with E-state index in [4.69, 9.17) is 0 Å². The highest BCUT2D eigenvalue weighted by Crippen LogP contribution is 2.09. The van der Waals surface area contributed by atoms with Crippen molar-refractivity contribution >= 4 is 12.0 Å². The minimum absolute atomic E-state index is 0.301. The van der Waals surface area contributed by atoms with Gasteiger partial charge in [0, 0.05) is 6.08 Å². The standard InChI is InChI=1S/C14H18FNO2/c1-10(17)14(2,3)16-13(18)9-6-11-4-7-12(15)8-5-11/h4-10,17H,1-3H3,(H,16,18)/b9-6+. The van der Waals surface area contributed by atoms with Crippen molar-refractivity contribution in [1.82, 2.24) is 5.32 Å². The zero-order valence-electron chi connectivity index (χ0n) is 10.8. The first-order valence-corrected chi connectivity index (χ1v) is 5.75. The quantitative estimate of drug-likeness (QED) is 0.805. The van der Waals surface area contributed by atoms with Gasteiger partial charge in [0.2, 0.25) is 5.91 Å². The normalized spacial score (nSPS) is 13.6. The minimum Gasteiger partial charge on any atom is -0.391 e. The number of benzene rings is 1. The molecule has 0 bridgehead atoms. The molecule has 0 aliphatic heterocycles. The number of carbonyl (C=O) groups is 1. The largest absolute Gasteiger partial charge is 0.391 e. The molecule has 0 heterocycles. The summed E-state index contributed by atoms with van der Waals surface area (Å²) >= 11 is 0. The Balaban J connectivity index is 2.62. The average Bonchev–Trinajstić information content (AvgIpc) is 2.27. The summed E-state index contributed by atoms with van der Waals surface area (Å²) in [5.74, 6) is -0.614. The van der Waals surface area contributed by atoms with Gasteiger partial charge in [-0.25, -0.2) is 4.39 Å². The lowest BCUT2D eigenvalue weighted by Crippen LogP contribution is -2.50. The molecule has 1 unspecified atom stereocenters. The van der Waals surface area contributed by atoms with Gasteiger partial charge in [-0.1, -0.05) is 12.1 Å². The van der Waals surface area contributed by atoms with Gasteiger partial charge in [-0.2, -0.15) is 0 Å². The first kappa shape index (κ1) is 14.4. The van der Waals surface area contributed by atoms with E-state index in [1.165, 1.54) is 18.2 Å². The maximum Gasteiger partial charge on any atom is 0.244 e. The molecule has 1 rings (SSSR count). The molecule has 4 heteroatoms. The van der Waals surface area contributed by atoms with E-state index in [0.717, 1.165) is 5.56 Å². The van der Waals surface area contributed by atoms with E-state index >= 15 is 0 Å². The summed E-state index contributed by atoms with van der Waals surface area (Å²) in [5.41, 5.74) is 0.0472. The summed E-state index contributed by atoms with van der Waals surface area (Å²) in [6.07, 6.45) is 2.30. The van der Waals surface area contributed by atoms with Gasteiger partial charge in [-0.15, -0.1) is 0 Å². The molecule has 0 aromatic heterocycles. The van der Waals surface area contributed by atoms with Gasteiger partial charge >= 0.3 is 0 Å². The number of rotatable bonds is 4. The van der Waals surface area contributed by atoms with Crippen molar-refractivity contribution in [3.63, 3.8) is 0 Å². The topological polar surface area (TPSA) is 49.3 Å². The zero-order valence-corrected chi connectivity index (χ0v) is 10.8. The third-order valence-electron chi connectivity index (χ3n) is 2.79. The molecule has 2 N–H and O–H groups in total. The van der Waals surface area contributed by atoms with Crippen LogP contribution in [0.5, 0.6) is 0 Å². The van der Waals surface area contributed by atoms with Crippen molar-refractivity contribution < 1.29 is 14.3 Å². The van der Waals surface area contributed by atoms with Crippen molar-refractivity contribution in [2.45, 2.75) is 32.4 Å². The fraction of sp³-hybridized carbons (Fsp3) is 0.357. The average molecular weight is 251 g/mol. The number of amides is 1. The molecule has 0 fully saturated rings. The molecule has 18 heavy (non-hydrogen) atoms. The molecule has 1 atom stereocenters. The fourth-order valence-electron chi connectivity index (χ4n) is 1.21. The molecule has 1 aromatic carbocycles. The lowest BCUT2D eigenvalue weighted by atomic mass is 9.99. The molecule has 0 saturated carbocycles. The summed E-state index contributed by atoms with van der Waals surface area (Å²) in [6.45, 7) is 5.09. The molecule has 0 spiro atoms. The summed E-state index contributed by atoms with van der Waals surface area (Å²) in [7, 11) is 0. The van der Waals surface area contributed by atoms with Gasteiger partial charge in [0.25, 0.3) is 0 Å². The molecular weight excluding hydrogens is 233 g/mol. The third kappa shape index (κ3) is 4.30. The van der Waals surface area contributed by atoms with Crippen LogP contribution in [0.4, 0.5) is 4.39 Å². The van der Waals surface area contributed by atoms with E-state index in [-0.39, 0.29) is 11.7 Å².